The summed E-state index contributed by atoms with van der Waals surface area (Å²) in [6, 6.07) is 0. The third-order valence-corrected chi connectivity index (χ3v) is 2.73. The lowest BCUT2D eigenvalue weighted by Gasteiger charge is -2.00. The maximum absolute atomic E-state index is 4.26. The van der Waals surface area contributed by atoms with E-state index in [-0.39, 0.29) is 0 Å². The van der Waals surface area contributed by atoms with Gasteiger partial charge in [0.2, 0.25) is 0 Å². The van der Waals surface area contributed by atoms with Crippen LogP contribution in [0.15, 0.2) is 29.9 Å². The molecule has 2 aromatic heterocycles. The molecule has 0 unspecified atom stereocenters. The first kappa shape index (κ1) is 9.97. The van der Waals surface area contributed by atoms with Gasteiger partial charge >= 0.3 is 0 Å². The first-order valence-electron chi connectivity index (χ1n) is 4.49. The quantitative estimate of drug-likeness (QED) is 0.766. The van der Waals surface area contributed by atoms with Crippen LogP contribution in [0.2, 0.25) is 0 Å². The Morgan fingerprint density at radius 3 is 2.87 bits per heavy atom. The van der Waals surface area contributed by atoms with E-state index in [2.05, 4.69) is 25.3 Å². The summed E-state index contributed by atoms with van der Waals surface area (Å²) in [5, 5.41) is 3.82. The van der Waals surface area contributed by atoms with Gasteiger partial charge in [-0.2, -0.15) is 0 Å². The molecule has 0 radical (unpaired) electrons. The highest BCUT2D eigenvalue weighted by Gasteiger charge is 1.99. The van der Waals surface area contributed by atoms with Crippen molar-refractivity contribution in [3.05, 3.63) is 30.5 Å². The van der Waals surface area contributed by atoms with Gasteiger partial charge in [-0.1, -0.05) is 11.8 Å². The first-order chi connectivity index (χ1) is 7.38. The summed E-state index contributed by atoms with van der Waals surface area (Å²) in [4.78, 5) is 15.6. The van der Waals surface area contributed by atoms with Gasteiger partial charge < -0.3 is 10.3 Å². The summed E-state index contributed by atoms with van der Waals surface area (Å²) >= 11 is 1.60. The van der Waals surface area contributed by atoms with Gasteiger partial charge in [0, 0.05) is 25.2 Å². The molecule has 5 nitrogen and oxygen atoms in total. The van der Waals surface area contributed by atoms with Gasteiger partial charge in [-0.05, 0) is 0 Å². The van der Waals surface area contributed by atoms with Crippen molar-refractivity contribution in [3.63, 3.8) is 0 Å². The lowest BCUT2D eigenvalue weighted by molar-refractivity contribution is 1.04. The summed E-state index contributed by atoms with van der Waals surface area (Å²) in [5.74, 6) is 1.55. The Morgan fingerprint density at radius 1 is 1.33 bits per heavy atom. The molecule has 0 aromatic carbocycles. The molecule has 78 valence electrons. The fourth-order valence-corrected chi connectivity index (χ4v) is 1.75. The number of aromatic nitrogens is 4. The Hall–Kier alpha value is -1.56. The molecule has 6 heteroatoms. The highest BCUT2D eigenvalue weighted by atomic mass is 32.2. The number of imidazole rings is 1. The zero-order valence-corrected chi connectivity index (χ0v) is 9.08. The van der Waals surface area contributed by atoms with Gasteiger partial charge in [0.15, 0.2) is 5.16 Å². The Kier molecular flexibility index (Phi) is 3.18. The molecule has 0 saturated heterocycles. The average Bonchev–Trinajstić information content (AvgIpc) is 2.80. The molecule has 2 aromatic rings. The number of anilines is 1. The molecule has 0 aliphatic rings. The highest BCUT2D eigenvalue weighted by Crippen LogP contribution is 2.16. The van der Waals surface area contributed by atoms with Gasteiger partial charge in [0.1, 0.15) is 5.82 Å². The Bertz CT molecular complexity index is 397. The maximum atomic E-state index is 4.26. The summed E-state index contributed by atoms with van der Waals surface area (Å²) in [6.45, 7) is 0. The molecule has 0 fully saturated rings. The molecule has 0 aliphatic carbocycles. The average molecular weight is 221 g/mol. The van der Waals surface area contributed by atoms with Gasteiger partial charge in [-0.3, -0.25) is 4.98 Å². The molecule has 0 saturated carbocycles. The molecule has 0 bridgehead atoms. The zero-order chi connectivity index (χ0) is 10.5. The number of thioether (sulfide) groups is 1. The van der Waals surface area contributed by atoms with Crippen LogP contribution in [0.5, 0.6) is 0 Å². The number of aromatic amines is 1. The maximum Gasteiger partial charge on any atom is 0.165 e. The number of rotatable bonds is 4. The van der Waals surface area contributed by atoms with Crippen LogP contribution in [0.3, 0.4) is 0 Å². The fourth-order valence-electron chi connectivity index (χ4n) is 1.03. The van der Waals surface area contributed by atoms with Crippen molar-refractivity contribution in [2.24, 2.45) is 0 Å². The summed E-state index contributed by atoms with van der Waals surface area (Å²) < 4.78 is 0. The molecule has 0 atom stereocenters. The van der Waals surface area contributed by atoms with E-state index in [4.69, 9.17) is 0 Å². The smallest absolute Gasteiger partial charge is 0.165 e. The predicted molar refractivity (Wildman–Crippen MR) is 59.7 cm³/mol. The summed E-state index contributed by atoms with van der Waals surface area (Å²) in [5.41, 5.74) is 0.940. The van der Waals surface area contributed by atoms with Gasteiger partial charge in [-0.25, -0.2) is 9.97 Å². The Morgan fingerprint density at radius 2 is 2.27 bits per heavy atom. The van der Waals surface area contributed by atoms with Gasteiger partial charge in [0.25, 0.3) is 0 Å². The summed E-state index contributed by atoms with van der Waals surface area (Å²) in [6.07, 6.45) is 7.02. The zero-order valence-electron chi connectivity index (χ0n) is 8.27. The first-order valence-corrected chi connectivity index (χ1v) is 5.48. The van der Waals surface area contributed by atoms with Crippen molar-refractivity contribution in [2.45, 2.75) is 10.9 Å². The van der Waals surface area contributed by atoms with E-state index in [9.17, 15) is 0 Å². The van der Waals surface area contributed by atoms with Crippen molar-refractivity contribution in [2.75, 3.05) is 12.4 Å². The highest BCUT2D eigenvalue weighted by molar-refractivity contribution is 7.98. The van der Waals surface area contributed by atoms with E-state index in [1.807, 2.05) is 7.05 Å². The monoisotopic (exact) mass is 221 g/mol. The second-order valence-corrected chi connectivity index (χ2v) is 3.79. The number of hydrogen-bond donors (Lipinski definition) is 2. The van der Waals surface area contributed by atoms with Crippen molar-refractivity contribution in [3.8, 4) is 0 Å². The van der Waals surface area contributed by atoms with E-state index >= 15 is 0 Å². The third kappa shape index (κ3) is 2.69. The Balaban J connectivity index is 1.93. The minimum Gasteiger partial charge on any atom is -0.372 e. The number of nitrogens with one attached hydrogen (secondary N) is 2. The number of H-pyrrole nitrogens is 1. The molecular formula is C9H11N5S. The largest absolute Gasteiger partial charge is 0.372 e. The van der Waals surface area contributed by atoms with Crippen LogP contribution in [0.25, 0.3) is 0 Å². The normalized spacial score (nSPS) is 10.2. The van der Waals surface area contributed by atoms with E-state index in [0.717, 1.165) is 22.4 Å². The Labute approximate surface area is 91.8 Å². The van der Waals surface area contributed by atoms with Crippen LogP contribution in [-0.4, -0.2) is 27.0 Å². The molecule has 0 spiro atoms. The number of hydrogen-bond acceptors (Lipinski definition) is 5. The van der Waals surface area contributed by atoms with E-state index in [1.165, 1.54) is 0 Å². The summed E-state index contributed by atoms with van der Waals surface area (Å²) in [7, 11) is 1.82. The van der Waals surface area contributed by atoms with E-state index in [1.54, 1.807) is 36.5 Å². The van der Waals surface area contributed by atoms with Crippen LogP contribution in [0.4, 0.5) is 5.82 Å². The number of nitrogens with zero attached hydrogens (tertiary/aromatic N) is 3. The fraction of sp³-hybridized carbons (Fsp3) is 0.222. The van der Waals surface area contributed by atoms with E-state index in [0.29, 0.717) is 0 Å². The van der Waals surface area contributed by atoms with E-state index < -0.39 is 0 Å². The lowest BCUT2D eigenvalue weighted by atomic mass is 10.5. The second kappa shape index (κ2) is 4.79. The molecule has 2 rings (SSSR count). The van der Waals surface area contributed by atoms with Crippen LogP contribution >= 0.6 is 11.8 Å². The standard InChI is InChI=1S/C9H11N5S/c1-10-8-5-13-7(4-14-8)6-15-9-11-2-3-12-9/h2-5H,6H2,1H3,(H,10,14)(H,11,12). The van der Waals surface area contributed by atoms with Crippen LogP contribution < -0.4 is 5.32 Å². The third-order valence-electron chi connectivity index (χ3n) is 1.79. The van der Waals surface area contributed by atoms with Crippen LogP contribution in [0.1, 0.15) is 5.69 Å². The van der Waals surface area contributed by atoms with Crippen molar-refractivity contribution < 1.29 is 0 Å². The van der Waals surface area contributed by atoms with Crippen LogP contribution in [0, 0.1) is 0 Å². The van der Waals surface area contributed by atoms with Crippen molar-refractivity contribution in [1.82, 2.24) is 19.9 Å². The lowest BCUT2D eigenvalue weighted by Crippen LogP contribution is -1.95. The second-order valence-electron chi connectivity index (χ2n) is 2.83. The molecule has 15 heavy (non-hydrogen) atoms. The minimum atomic E-state index is 0.768. The predicted octanol–water partition coefficient (Wildman–Crippen LogP) is 1.53. The SMILES string of the molecule is CNc1cnc(CSc2ncc[nH]2)cn1. The minimum absolute atomic E-state index is 0.768. The van der Waals surface area contributed by atoms with Crippen LogP contribution in [-0.2, 0) is 5.75 Å². The van der Waals surface area contributed by atoms with Gasteiger partial charge in [-0.15, -0.1) is 0 Å². The van der Waals surface area contributed by atoms with Gasteiger partial charge in [0.05, 0.1) is 18.1 Å². The molecule has 2 N–H and O–H groups in total. The van der Waals surface area contributed by atoms with Crippen molar-refractivity contribution in [1.29, 1.82) is 0 Å². The molecule has 0 amide bonds. The molecular weight excluding hydrogens is 210 g/mol. The molecule has 0 aliphatic heterocycles. The molecule has 2 heterocycles. The van der Waals surface area contributed by atoms with Crippen molar-refractivity contribution >= 4 is 17.6 Å². The topological polar surface area (TPSA) is 66.5 Å².